The van der Waals surface area contributed by atoms with Gasteiger partial charge >= 0.3 is 5.97 Å². The van der Waals surface area contributed by atoms with Gasteiger partial charge in [-0.05, 0) is 17.4 Å². The third-order valence-electron chi connectivity index (χ3n) is 1.79. The molecule has 1 aliphatic rings. The first-order chi connectivity index (χ1) is 5.47. The molecule has 1 heterocycles. The van der Waals surface area contributed by atoms with Gasteiger partial charge in [0.2, 0.25) is 0 Å². The predicted octanol–water partition coefficient (Wildman–Crippen LogP) is 2.30. The summed E-state index contributed by atoms with van der Waals surface area (Å²) in [7, 11) is 0. The van der Waals surface area contributed by atoms with E-state index in [-0.39, 0.29) is 5.97 Å². The van der Waals surface area contributed by atoms with Crippen LogP contribution in [0.15, 0.2) is 11.6 Å². The molecule has 1 saturated heterocycles. The number of carbonyl (C=O) groups is 1. The fraction of sp³-hybridized carbons (Fsp3) is 0.700. The molecular formula is C10H16O2. The van der Waals surface area contributed by atoms with Crippen molar-refractivity contribution in [2.45, 2.75) is 33.6 Å². The maximum Gasteiger partial charge on any atom is 0.310 e. The van der Waals surface area contributed by atoms with E-state index in [9.17, 15) is 4.79 Å². The number of ether oxygens (including phenoxy) is 1. The molecule has 0 atom stereocenters. The smallest absolute Gasteiger partial charge is 0.310 e. The molecule has 1 aliphatic heterocycles. The second kappa shape index (κ2) is 3.30. The van der Waals surface area contributed by atoms with E-state index in [0.717, 1.165) is 12.0 Å². The van der Waals surface area contributed by atoms with Crippen LogP contribution in [-0.4, -0.2) is 12.6 Å². The molecule has 0 unspecified atom stereocenters. The van der Waals surface area contributed by atoms with Gasteiger partial charge in [-0.15, -0.1) is 0 Å². The van der Waals surface area contributed by atoms with Crippen LogP contribution in [0.25, 0.3) is 0 Å². The Balaban J connectivity index is 2.43. The average Bonchev–Trinajstić information content (AvgIpc) is 2.30. The molecule has 2 heteroatoms. The van der Waals surface area contributed by atoms with Crippen LogP contribution < -0.4 is 0 Å². The van der Waals surface area contributed by atoms with E-state index in [1.807, 2.05) is 0 Å². The van der Waals surface area contributed by atoms with Crippen LogP contribution in [0, 0.1) is 5.41 Å². The van der Waals surface area contributed by atoms with Gasteiger partial charge in [0.1, 0.15) is 6.61 Å². The van der Waals surface area contributed by atoms with Crippen LogP contribution >= 0.6 is 0 Å². The van der Waals surface area contributed by atoms with Gasteiger partial charge in [0.25, 0.3) is 0 Å². The maximum atomic E-state index is 10.7. The van der Waals surface area contributed by atoms with Gasteiger partial charge in [0.05, 0.1) is 6.42 Å². The first-order valence-electron chi connectivity index (χ1n) is 4.31. The SMILES string of the molecule is CC(C)(C)C/C=C1/COC(=O)C1. The second-order valence-electron chi connectivity index (χ2n) is 4.46. The van der Waals surface area contributed by atoms with Crippen molar-refractivity contribution >= 4 is 5.97 Å². The Hall–Kier alpha value is -0.790. The first-order valence-corrected chi connectivity index (χ1v) is 4.31. The Kier molecular flexibility index (Phi) is 2.55. The summed E-state index contributed by atoms with van der Waals surface area (Å²) in [6.45, 7) is 7.06. The van der Waals surface area contributed by atoms with Crippen molar-refractivity contribution in [1.82, 2.24) is 0 Å². The molecule has 68 valence electrons. The van der Waals surface area contributed by atoms with Gasteiger partial charge in [-0.1, -0.05) is 26.8 Å². The van der Waals surface area contributed by atoms with Crippen LogP contribution in [0.4, 0.5) is 0 Å². The summed E-state index contributed by atoms with van der Waals surface area (Å²) in [6.07, 6.45) is 3.64. The van der Waals surface area contributed by atoms with Gasteiger partial charge in [-0.25, -0.2) is 0 Å². The highest BCUT2D eigenvalue weighted by molar-refractivity contribution is 5.75. The summed E-state index contributed by atoms with van der Waals surface area (Å²) in [5, 5.41) is 0. The molecule has 0 aromatic carbocycles. The molecule has 0 spiro atoms. The lowest BCUT2D eigenvalue weighted by molar-refractivity contribution is -0.137. The molecule has 0 N–H and O–H groups in total. The summed E-state index contributed by atoms with van der Waals surface area (Å²) in [5.74, 6) is -0.0878. The van der Waals surface area contributed by atoms with E-state index in [1.165, 1.54) is 0 Å². The summed E-state index contributed by atoms with van der Waals surface area (Å²) >= 11 is 0. The van der Waals surface area contributed by atoms with E-state index in [4.69, 9.17) is 4.74 Å². The lowest BCUT2D eigenvalue weighted by Gasteiger charge is -2.14. The molecule has 0 bridgehead atoms. The fourth-order valence-corrected chi connectivity index (χ4v) is 1.04. The minimum atomic E-state index is -0.0878. The standard InChI is InChI=1S/C10H16O2/c1-10(2,3)5-4-8-6-9(11)12-7-8/h4H,5-7H2,1-3H3/b8-4+. The molecule has 1 fully saturated rings. The van der Waals surface area contributed by atoms with Gasteiger partial charge in [0, 0.05) is 0 Å². The largest absolute Gasteiger partial charge is 0.461 e. The molecule has 0 amide bonds. The van der Waals surface area contributed by atoms with Crippen molar-refractivity contribution in [1.29, 1.82) is 0 Å². The van der Waals surface area contributed by atoms with Gasteiger partial charge in [-0.2, -0.15) is 0 Å². The summed E-state index contributed by atoms with van der Waals surface area (Å²) in [5.41, 5.74) is 1.44. The molecule has 0 aromatic rings. The zero-order chi connectivity index (χ0) is 9.19. The minimum absolute atomic E-state index is 0.0878. The first kappa shape index (κ1) is 9.30. The quantitative estimate of drug-likeness (QED) is 0.443. The van der Waals surface area contributed by atoms with E-state index in [1.54, 1.807) is 0 Å². The van der Waals surface area contributed by atoms with E-state index < -0.39 is 0 Å². The Morgan fingerprint density at radius 3 is 2.58 bits per heavy atom. The van der Waals surface area contributed by atoms with Crippen LogP contribution in [0.3, 0.4) is 0 Å². The Labute approximate surface area is 73.6 Å². The van der Waals surface area contributed by atoms with E-state index in [2.05, 4.69) is 26.8 Å². The van der Waals surface area contributed by atoms with Gasteiger partial charge in [-0.3, -0.25) is 4.79 Å². The average molecular weight is 168 g/mol. The highest BCUT2D eigenvalue weighted by Crippen LogP contribution is 2.22. The molecule has 12 heavy (non-hydrogen) atoms. The molecule has 0 saturated carbocycles. The topological polar surface area (TPSA) is 26.3 Å². The Morgan fingerprint density at radius 1 is 1.50 bits per heavy atom. The molecule has 2 nitrogen and oxygen atoms in total. The zero-order valence-electron chi connectivity index (χ0n) is 8.02. The van der Waals surface area contributed by atoms with Crippen LogP contribution in [-0.2, 0) is 9.53 Å². The van der Waals surface area contributed by atoms with Crippen molar-refractivity contribution in [2.24, 2.45) is 5.41 Å². The minimum Gasteiger partial charge on any atom is -0.461 e. The third-order valence-corrected chi connectivity index (χ3v) is 1.79. The molecule has 0 aromatic heterocycles. The van der Waals surface area contributed by atoms with Gasteiger partial charge < -0.3 is 4.74 Å². The zero-order valence-corrected chi connectivity index (χ0v) is 8.02. The normalized spacial score (nSPS) is 21.6. The number of hydrogen-bond acceptors (Lipinski definition) is 2. The third kappa shape index (κ3) is 3.07. The van der Waals surface area contributed by atoms with Gasteiger partial charge in [0.15, 0.2) is 0 Å². The van der Waals surface area contributed by atoms with Crippen molar-refractivity contribution < 1.29 is 9.53 Å². The summed E-state index contributed by atoms with van der Waals surface area (Å²) < 4.78 is 4.82. The van der Waals surface area contributed by atoms with Crippen molar-refractivity contribution in [3.05, 3.63) is 11.6 Å². The van der Waals surface area contributed by atoms with Crippen molar-refractivity contribution in [3.8, 4) is 0 Å². The Morgan fingerprint density at radius 2 is 2.17 bits per heavy atom. The van der Waals surface area contributed by atoms with Crippen LogP contribution in [0.2, 0.25) is 0 Å². The lowest BCUT2D eigenvalue weighted by Crippen LogP contribution is -2.02. The number of cyclic esters (lactones) is 1. The molecule has 0 radical (unpaired) electrons. The van der Waals surface area contributed by atoms with Crippen molar-refractivity contribution in [2.75, 3.05) is 6.61 Å². The lowest BCUT2D eigenvalue weighted by atomic mass is 9.91. The monoisotopic (exact) mass is 168 g/mol. The number of hydrogen-bond donors (Lipinski definition) is 0. The number of esters is 1. The maximum absolute atomic E-state index is 10.7. The number of rotatable bonds is 1. The molecule has 1 rings (SSSR count). The number of allylic oxidation sites excluding steroid dienone is 1. The highest BCUT2D eigenvalue weighted by atomic mass is 16.5. The highest BCUT2D eigenvalue weighted by Gasteiger charge is 2.17. The van der Waals surface area contributed by atoms with E-state index in [0.29, 0.717) is 18.4 Å². The van der Waals surface area contributed by atoms with Crippen molar-refractivity contribution in [3.63, 3.8) is 0 Å². The Bertz CT molecular complexity index is 208. The van der Waals surface area contributed by atoms with E-state index >= 15 is 0 Å². The predicted molar refractivity (Wildman–Crippen MR) is 47.7 cm³/mol. The van der Waals surface area contributed by atoms with Crippen LogP contribution in [0.1, 0.15) is 33.6 Å². The molecule has 0 aliphatic carbocycles. The fourth-order valence-electron chi connectivity index (χ4n) is 1.04. The molecular weight excluding hydrogens is 152 g/mol. The van der Waals surface area contributed by atoms with Crippen LogP contribution in [0.5, 0.6) is 0 Å². The second-order valence-corrected chi connectivity index (χ2v) is 4.46. The summed E-state index contributed by atoms with van der Waals surface area (Å²) in [4.78, 5) is 10.7. The number of carbonyl (C=O) groups excluding carboxylic acids is 1. The summed E-state index contributed by atoms with van der Waals surface area (Å²) in [6, 6.07) is 0.